The smallest absolute Gasteiger partial charge is 0.148 e. The number of rotatable bonds is 6. The molecule has 0 aliphatic rings. The van der Waals surface area contributed by atoms with E-state index in [1.165, 1.54) is 10.5 Å². The van der Waals surface area contributed by atoms with Crippen molar-refractivity contribution >= 4 is 46.6 Å². The Labute approximate surface area is 151 Å². The second kappa shape index (κ2) is 8.08. The number of nitrogens with zero attached hydrogens (tertiary/aromatic N) is 1. The zero-order chi connectivity index (χ0) is 17.7. The van der Waals surface area contributed by atoms with Crippen LogP contribution in [0.15, 0.2) is 49.1 Å². The third kappa shape index (κ3) is 4.22. The third-order valence-corrected chi connectivity index (χ3v) is 3.86. The van der Waals surface area contributed by atoms with Crippen LogP contribution in [-0.4, -0.2) is 14.2 Å². The molecule has 2 rings (SSSR count). The number of methoxy groups -OCH3 is 1. The highest BCUT2D eigenvalue weighted by atomic mass is 35.5. The molecule has 0 aliphatic carbocycles. The van der Waals surface area contributed by atoms with E-state index in [2.05, 4.69) is 11.4 Å². The van der Waals surface area contributed by atoms with Gasteiger partial charge < -0.3 is 4.74 Å². The highest BCUT2D eigenvalue weighted by Crippen LogP contribution is 2.27. The van der Waals surface area contributed by atoms with Crippen LogP contribution in [0.2, 0.25) is 0 Å². The van der Waals surface area contributed by atoms with Crippen LogP contribution in [0.1, 0.15) is 11.1 Å². The van der Waals surface area contributed by atoms with Crippen molar-refractivity contribution in [2.45, 2.75) is 0 Å². The summed E-state index contributed by atoms with van der Waals surface area (Å²) in [7, 11) is 3.16. The molecule has 0 spiro atoms. The predicted octanol–water partition coefficient (Wildman–Crippen LogP) is 5.72. The summed E-state index contributed by atoms with van der Waals surface area (Å²) >= 11 is 11.5. The SMILES string of the molecule is C=C(/C=C\c1cc(OC)ccc1NCl)c1ccc(N(C)Cl)c(F)c1. The molecule has 0 unspecified atom stereocenters. The number of hydrogen-bond acceptors (Lipinski definition) is 3. The van der Waals surface area contributed by atoms with E-state index < -0.39 is 5.82 Å². The number of anilines is 2. The summed E-state index contributed by atoms with van der Waals surface area (Å²) in [6.07, 6.45) is 3.61. The van der Waals surface area contributed by atoms with E-state index in [0.717, 1.165) is 11.3 Å². The van der Waals surface area contributed by atoms with Gasteiger partial charge in [-0.05, 0) is 41.5 Å². The molecule has 0 radical (unpaired) electrons. The summed E-state index contributed by atoms with van der Waals surface area (Å²) in [5.74, 6) is 0.292. The average Bonchev–Trinajstić information content (AvgIpc) is 2.58. The van der Waals surface area contributed by atoms with E-state index in [9.17, 15) is 4.39 Å². The molecule has 3 nitrogen and oxygen atoms in total. The average molecular weight is 367 g/mol. The van der Waals surface area contributed by atoms with Crippen molar-refractivity contribution in [3.05, 3.63) is 66.0 Å². The fraction of sp³-hybridized carbons (Fsp3) is 0.111. The van der Waals surface area contributed by atoms with Crippen molar-refractivity contribution in [2.75, 3.05) is 23.4 Å². The predicted molar refractivity (Wildman–Crippen MR) is 101 cm³/mol. The summed E-state index contributed by atoms with van der Waals surface area (Å²) in [5, 5.41) is 0. The lowest BCUT2D eigenvalue weighted by Crippen LogP contribution is -2.03. The highest BCUT2D eigenvalue weighted by Gasteiger charge is 2.07. The molecule has 0 bridgehead atoms. The second-order valence-corrected chi connectivity index (χ2v) is 5.75. The Hall–Kier alpha value is -2.17. The van der Waals surface area contributed by atoms with Crippen molar-refractivity contribution in [1.29, 1.82) is 0 Å². The van der Waals surface area contributed by atoms with E-state index >= 15 is 0 Å². The molecule has 0 atom stereocenters. The van der Waals surface area contributed by atoms with Crippen LogP contribution in [0, 0.1) is 5.82 Å². The first-order chi connectivity index (χ1) is 11.5. The van der Waals surface area contributed by atoms with Gasteiger partial charge in [0.2, 0.25) is 0 Å². The molecule has 0 fully saturated rings. The van der Waals surface area contributed by atoms with Gasteiger partial charge in [0.25, 0.3) is 0 Å². The Morgan fingerprint density at radius 2 is 2.04 bits per heavy atom. The van der Waals surface area contributed by atoms with E-state index in [1.807, 2.05) is 12.1 Å². The van der Waals surface area contributed by atoms with Crippen LogP contribution >= 0.6 is 23.6 Å². The Kier molecular flexibility index (Phi) is 6.12. The number of hydrogen-bond donors (Lipinski definition) is 1. The van der Waals surface area contributed by atoms with Crippen LogP contribution in [-0.2, 0) is 0 Å². The van der Waals surface area contributed by atoms with Crippen molar-refractivity contribution in [3.63, 3.8) is 0 Å². The number of halogens is 3. The summed E-state index contributed by atoms with van der Waals surface area (Å²) in [5.41, 5.74) is 3.17. The van der Waals surface area contributed by atoms with Crippen molar-refractivity contribution < 1.29 is 9.13 Å². The molecule has 126 valence electrons. The minimum Gasteiger partial charge on any atom is -0.497 e. The number of ether oxygens (including phenoxy) is 1. The lowest BCUT2D eigenvalue weighted by molar-refractivity contribution is 0.415. The van der Waals surface area contributed by atoms with Gasteiger partial charge in [0, 0.05) is 36.2 Å². The highest BCUT2D eigenvalue weighted by molar-refractivity contribution is 6.25. The van der Waals surface area contributed by atoms with Gasteiger partial charge in [0.05, 0.1) is 18.5 Å². The Morgan fingerprint density at radius 3 is 2.62 bits per heavy atom. The molecule has 0 amide bonds. The minimum absolute atomic E-state index is 0.304. The van der Waals surface area contributed by atoms with E-state index in [1.54, 1.807) is 44.5 Å². The molecule has 0 saturated carbocycles. The second-order valence-electron chi connectivity index (χ2n) is 5.05. The van der Waals surface area contributed by atoms with Gasteiger partial charge in [0.15, 0.2) is 0 Å². The van der Waals surface area contributed by atoms with Gasteiger partial charge in [-0.1, -0.05) is 24.8 Å². The van der Waals surface area contributed by atoms with Crippen molar-refractivity contribution in [3.8, 4) is 5.75 Å². The Bertz CT molecular complexity index is 776. The first kappa shape index (κ1) is 18.2. The summed E-state index contributed by atoms with van der Waals surface area (Å²) < 4.78 is 20.4. The number of allylic oxidation sites excluding steroid dienone is 2. The summed E-state index contributed by atoms with van der Waals surface area (Å²) in [4.78, 5) is 2.59. The largest absolute Gasteiger partial charge is 0.497 e. The maximum atomic E-state index is 14.0. The molecule has 6 heteroatoms. The van der Waals surface area contributed by atoms with E-state index in [-0.39, 0.29) is 0 Å². The lowest BCUT2D eigenvalue weighted by Gasteiger charge is -2.11. The first-order valence-corrected chi connectivity index (χ1v) is 7.79. The molecule has 0 heterocycles. The third-order valence-electron chi connectivity index (χ3n) is 3.48. The molecule has 0 saturated heterocycles. The molecular weight excluding hydrogens is 350 g/mol. The standard InChI is InChI=1S/C18H17Cl2FN2O/c1-12(13-6-9-18(23(2)20)16(21)11-13)4-5-14-10-15(24-3)7-8-17(14)22-19/h4-11,22H,1H2,2-3H3/b5-4-. The van der Waals surface area contributed by atoms with Crippen LogP contribution in [0.25, 0.3) is 11.6 Å². The molecule has 24 heavy (non-hydrogen) atoms. The molecule has 0 aromatic heterocycles. The normalized spacial score (nSPS) is 10.7. The quantitative estimate of drug-likeness (QED) is 0.522. The topological polar surface area (TPSA) is 24.5 Å². The summed E-state index contributed by atoms with van der Waals surface area (Å²) in [6.45, 7) is 3.97. The fourth-order valence-corrected chi connectivity index (χ4v) is 2.44. The van der Waals surface area contributed by atoms with Gasteiger partial charge in [-0.25, -0.2) is 4.39 Å². The van der Waals surface area contributed by atoms with E-state index in [4.69, 9.17) is 28.3 Å². The number of nitrogens with one attached hydrogen (secondary N) is 1. The minimum atomic E-state index is -0.413. The van der Waals surface area contributed by atoms with E-state index in [0.29, 0.717) is 22.6 Å². The van der Waals surface area contributed by atoms with Crippen LogP contribution in [0.5, 0.6) is 5.75 Å². The van der Waals surface area contributed by atoms with Gasteiger partial charge >= 0.3 is 0 Å². The monoisotopic (exact) mass is 366 g/mol. The molecule has 0 aliphatic heterocycles. The lowest BCUT2D eigenvalue weighted by atomic mass is 10.0. The van der Waals surface area contributed by atoms with Crippen LogP contribution in [0.4, 0.5) is 15.8 Å². The fourth-order valence-electron chi connectivity index (χ4n) is 2.13. The van der Waals surface area contributed by atoms with Crippen LogP contribution < -0.4 is 14.0 Å². The van der Waals surface area contributed by atoms with Crippen LogP contribution in [0.3, 0.4) is 0 Å². The van der Waals surface area contributed by atoms with Gasteiger partial charge in [-0.3, -0.25) is 9.25 Å². The Morgan fingerprint density at radius 1 is 1.29 bits per heavy atom. The maximum Gasteiger partial charge on any atom is 0.148 e. The van der Waals surface area contributed by atoms with Crippen molar-refractivity contribution in [2.24, 2.45) is 0 Å². The molecule has 1 N–H and O–H groups in total. The number of benzene rings is 2. The summed E-state index contributed by atoms with van der Waals surface area (Å²) in [6, 6.07) is 10.2. The zero-order valence-corrected chi connectivity index (χ0v) is 14.8. The van der Waals surface area contributed by atoms with Gasteiger partial charge in [0.1, 0.15) is 11.6 Å². The van der Waals surface area contributed by atoms with Gasteiger partial charge in [-0.15, -0.1) is 0 Å². The molecule has 2 aromatic rings. The first-order valence-electron chi connectivity index (χ1n) is 7.07. The van der Waals surface area contributed by atoms with Gasteiger partial charge in [-0.2, -0.15) is 0 Å². The zero-order valence-electron chi connectivity index (χ0n) is 13.3. The Balaban J connectivity index is 2.26. The van der Waals surface area contributed by atoms with Crippen molar-refractivity contribution in [1.82, 2.24) is 0 Å². The molecular formula is C18H17Cl2FN2O. The maximum absolute atomic E-state index is 14.0. The molecule has 2 aromatic carbocycles.